The van der Waals surface area contributed by atoms with Crippen LogP contribution in [-0.4, -0.2) is 25.0 Å². The van der Waals surface area contributed by atoms with Crippen LogP contribution >= 0.6 is 0 Å². The summed E-state index contributed by atoms with van der Waals surface area (Å²) in [6.07, 6.45) is 4.08. The summed E-state index contributed by atoms with van der Waals surface area (Å²) in [6, 6.07) is 3.75. The highest BCUT2D eigenvalue weighted by molar-refractivity contribution is 5.79. The molecule has 1 aliphatic rings. The second-order valence-corrected chi connectivity index (χ2v) is 5.36. The van der Waals surface area contributed by atoms with Gasteiger partial charge in [-0.05, 0) is 37.8 Å². The van der Waals surface area contributed by atoms with Crippen molar-refractivity contribution in [3.05, 3.63) is 24.2 Å². The van der Waals surface area contributed by atoms with Crippen molar-refractivity contribution in [2.24, 2.45) is 5.92 Å². The summed E-state index contributed by atoms with van der Waals surface area (Å²) in [4.78, 5) is 13.5. The van der Waals surface area contributed by atoms with Gasteiger partial charge in [0.1, 0.15) is 5.76 Å². The lowest BCUT2D eigenvalue weighted by atomic mass is 9.98. The van der Waals surface area contributed by atoms with Crippen LogP contribution in [0.2, 0.25) is 0 Å². The maximum atomic E-state index is 12.0. The summed E-state index contributed by atoms with van der Waals surface area (Å²) in [7, 11) is 0. The molecule has 0 unspecified atom stereocenters. The van der Waals surface area contributed by atoms with Crippen LogP contribution in [0.1, 0.15) is 32.4 Å². The molecule has 0 radical (unpaired) electrons. The van der Waals surface area contributed by atoms with Crippen LogP contribution in [0.15, 0.2) is 22.8 Å². The van der Waals surface area contributed by atoms with Gasteiger partial charge in [-0.3, -0.25) is 4.79 Å². The van der Waals surface area contributed by atoms with Gasteiger partial charge in [0.2, 0.25) is 0 Å². The minimum atomic E-state index is 0.0347. The van der Waals surface area contributed by atoms with Crippen molar-refractivity contribution in [2.45, 2.75) is 39.3 Å². The molecule has 0 aromatic carbocycles. The van der Waals surface area contributed by atoms with Crippen molar-refractivity contribution in [3.8, 4) is 0 Å². The number of likely N-dealkylation sites (tertiary alicyclic amines) is 1. The Labute approximate surface area is 108 Å². The first kappa shape index (κ1) is 13.1. The molecular formula is C14H23N2O2+. The van der Waals surface area contributed by atoms with E-state index in [1.54, 1.807) is 6.26 Å². The van der Waals surface area contributed by atoms with E-state index in [1.807, 2.05) is 19.1 Å². The number of amides is 1. The van der Waals surface area contributed by atoms with Crippen LogP contribution in [0, 0.1) is 5.92 Å². The third-order valence-corrected chi connectivity index (χ3v) is 3.94. The smallest absolute Gasteiger partial charge is 0.278 e. The monoisotopic (exact) mass is 251 g/mol. The molecule has 0 bridgehead atoms. The summed E-state index contributed by atoms with van der Waals surface area (Å²) in [5, 5.41) is 2.94. The van der Waals surface area contributed by atoms with E-state index < -0.39 is 0 Å². The average Bonchev–Trinajstić information content (AvgIpc) is 2.89. The van der Waals surface area contributed by atoms with Crippen molar-refractivity contribution in [1.82, 2.24) is 5.32 Å². The second-order valence-electron chi connectivity index (χ2n) is 5.36. The standard InChI is InChI=1S/C14H22N2O2/c1-11-5-7-16(8-6-11)12(2)14(17)15-10-13-4-3-9-18-13/h3-4,9,11-12H,5-8,10H2,1-2H3,(H,15,17)/p+1/t12-/m0/s1. The van der Waals surface area contributed by atoms with Crippen molar-refractivity contribution >= 4 is 5.91 Å². The molecule has 1 saturated heterocycles. The van der Waals surface area contributed by atoms with Crippen LogP contribution in [0.4, 0.5) is 0 Å². The molecule has 1 aliphatic heterocycles. The third kappa shape index (κ3) is 3.35. The van der Waals surface area contributed by atoms with Gasteiger partial charge in [0.15, 0.2) is 6.04 Å². The molecule has 1 atom stereocenters. The third-order valence-electron chi connectivity index (χ3n) is 3.94. The Balaban J connectivity index is 1.77. The van der Waals surface area contributed by atoms with Gasteiger partial charge in [0.25, 0.3) is 5.91 Å². The van der Waals surface area contributed by atoms with Gasteiger partial charge in [0.05, 0.1) is 25.9 Å². The van der Waals surface area contributed by atoms with E-state index in [0.717, 1.165) is 24.8 Å². The Morgan fingerprint density at radius 1 is 1.56 bits per heavy atom. The Morgan fingerprint density at radius 2 is 2.28 bits per heavy atom. The predicted molar refractivity (Wildman–Crippen MR) is 69.1 cm³/mol. The number of hydrogen-bond donors (Lipinski definition) is 2. The molecule has 2 rings (SSSR count). The van der Waals surface area contributed by atoms with E-state index >= 15 is 0 Å². The molecule has 2 N–H and O–H groups in total. The lowest BCUT2D eigenvalue weighted by molar-refractivity contribution is -0.920. The summed E-state index contributed by atoms with van der Waals surface area (Å²) in [5.74, 6) is 1.74. The number of hydrogen-bond acceptors (Lipinski definition) is 2. The number of carbonyl (C=O) groups is 1. The fourth-order valence-electron chi connectivity index (χ4n) is 2.49. The molecule has 18 heavy (non-hydrogen) atoms. The number of rotatable bonds is 4. The lowest BCUT2D eigenvalue weighted by Crippen LogP contribution is -3.17. The number of furan rings is 1. The Kier molecular flexibility index (Phi) is 4.42. The van der Waals surface area contributed by atoms with Gasteiger partial charge in [-0.2, -0.15) is 0 Å². The highest BCUT2D eigenvalue weighted by atomic mass is 16.3. The zero-order chi connectivity index (χ0) is 13.0. The van der Waals surface area contributed by atoms with E-state index in [9.17, 15) is 4.79 Å². The fraction of sp³-hybridized carbons (Fsp3) is 0.643. The molecule has 2 heterocycles. The highest BCUT2D eigenvalue weighted by Gasteiger charge is 2.28. The molecule has 1 fully saturated rings. The number of quaternary nitrogens is 1. The van der Waals surface area contributed by atoms with Crippen molar-refractivity contribution < 1.29 is 14.1 Å². The quantitative estimate of drug-likeness (QED) is 0.823. The molecule has 1 aromatic heterocycles. The van der Waals surface area contributed by atoms with E-state index in [0.29, 0.717) is 6.54 Å². The minimum Gasteiger partial charge on any atom is -0.467 e. The summed E-state index contributed by atoms with van der Waals surface area (Å²) >= 11 is 0. The van der Waals surface area contributed by atoms with Crippen molar-refractivity contribution in [1.29, 1.82) is 0 Å². The fourth-order valence-corrected chi connectivity index (χ4v) is 2.49. The molecule has 4 heteroatoms. The van der Waals surface area contributed by atoms with Crippen LogP contribution in [0.25, 0.3) is 0 Å². The normalized spacial score (nSPS) is 25.7. The zero-order valence-electron chi connectivity index (χ0n) is 11.2. The average molecular weight is 251 g/mol. The zero-order valence-corrected chi connectivity index (χ0v) is 11.2. The Bertz CT molecular complexity index is 367. The van der Waals surface area contributed by atoms with Crippen LogP contribution in [0.3, 0.4) is 0 Å². The first-order valence-corrected chi connectivity index (χ1v) is 6.81. The second kappa shape index (κ2) is 6.05. The van der Waals surface area contributed by atoms with Gasteiger partial charge in [-0.15, -0.1) is 0 Å². The molecule has 1 amide bonds. The van der Waals surface area contributed by atoms with Gasteiger partial charge < -0.3 is 14.6 Å². The van der Waals surface area contributed by atoms with Gasteiger partial charge >= 0.3 is 0 Å². The number of nitrogens with one attached hydrogen (secondary N) is 2. The Morgan fingerprint density at radius 3 is 2.89 bits per heavy atom. The molecule has 0 spiro atoms. The van der Waals surface area contributed by atoms with Gasteiger partial charge in [0, 0.05) is 0 Å². The van der Waals surface area contributed by atoms with Gasteiger partial charge in [-0.25, -0.2) is 0 Å². The van der Waals surface area contributed by atoms with E-state index in [4.69, 9.17) is 4.42 Å². The van der Waals surface area contributed by atoms with Crippen LogP contribution in [0.5, 0.6) is 0 Å². The number of carbonyl (C=O) groups excluding carboxylic acids is 1. The molecule has 4 nitrogen and oxygen atoms in total. The largest absolute Gasteiger partial charge is 0.467 e. The van der Waals surface area contributed by atoms with Crippen LogP contribution < -0.4 is 10.2 Å². The highest BCUT2D eigenvalue weighted by Crippen LogP contribution is 2.07. The van der Waals surface area contributed by atoms with Crippen LogP contribution in [-0.2, 0) is 11.3 Å². The first-order valence-electron chi connectivity index (χ1n) is 6.81. The van der Waals surface area contributed by atoms with Crippen molar-refractivity contribution in [3.63, 3.8) is 0 Å². The first-order chi connectivity index (χ1) is 8.66. The molecule has 0 aliphatic carbocycles. The van der Waals surface area contributed by atoms with Gasteiger partial charge in [-0.1, -0.05) is 6.92 Å². The molecule has 0 saturated carbocycles. The maximum Gasteiger partial charge on any atom is 0.278 e. The SMILES string of the molecule is CC1CC[NH+]([C@@H](C)C(=O)NCc2ccco2)CC1. The molecule has 100 valence electrons. The topological polar surface area (TPSA) is 46.7 Å². The number of piperidine rings is 1. The summed E-state index contributed by atoms with van der Waals surface area (Å²) in [6.45, 7) is 7.01. The van der Waals surface area contributed by atoms with E-state index in [2.05, 4.69) is 12.2 Å². The Hall–Kier alpha value is -1.29. The molecular weight excluding hydrogens is 228 g/mol. The lowest BCUT2D eigenvalue weighted by Gasteiger charge is -2.31. The predicted octanol–water partition coefficient (Wildman–Crippen LogP) is 0.599. The van der Waals surface area contributed by atoms with Crippen molar-refractivity contribution in [2.75, 3.05) is 13.1 Å². The molecule has 1 aromatic rings. The summed E-state index contributed by atoms with van der Waals surface area (Å²) in [5.41, 5.74) is 0. The minimum absolute atomic E-state index is 0.0347. The maximum absolute atomic E-state index is 12.0. The van der Waals surface area contributed by atoms with E-state index in [-0.39, 0.29) is 11.9 Å². The summed E-state index contributed by atoms with van der Waals surface area (Å²) < 4.78 is 5.20. The van der Waals surface area contributed by atoms with E-state index in [1.165, 1.54) is 17.7 Å².